The number of aryl methyl sites for hydroxylation is 1. The lowest BCUT2D eigenvalue weighted by Crippen LogP contribution is -2.38. The molecule has 0 unspecified atom stereocenters. The summed E-state index contributed by atoms with van der Waals surface area (Å²) in [7, 11) is 1.64. The van der Waals surface area contributed by atoms with Crippen molar-refractivity contribution in [2.24, 2.45) is 9.98 Å². The maximum atomic E-state index is 14.6. The normalized spacial score (nSPS) is 15.8. The number of nitrogens with two attached hydrogens (primary N) is 1. The summed E-state index contributed by atoms with van der Waals surface area (Å²) in [6.45, 7) is 3.02. The SMILES string of the molecule is COCCN=C=NC1CCN(c2nc(=O)n3c4c(c(-c5ccc(F)c6sc(N)nc56)c(Cl)cc24)SCCC3)CC1. The number of anilines is 2. The maximum absolute atomic E-state index is 14.6. The van der Waals surface area contributed by atoms with E-state index in [0.717, 1.165) is 57.7 Å². The number of ether oxygens (including phenoxy) is 1. The minimum atomic E-state index is -0.374. The van der Waals surface area contributed by atoms with E-state index in [1.54, 1.807) is 29.5 Å². The number of nitrogens with zero attached hydrogens (tertiary/aromatic N) is 6. The van der Waals surface area contributed by atoms with Gasteiger partial charge < -0.3 is 15.4 Å². The van der Waals surface area contributed by atoms with Crippen molar-refractivity contribution in [3.8, 4) is 11.1 Å². The van der Waals surface area contributed by atoms with Gasteiger partial charge in [-0.25, -0.2) is 24.2 Å². The Kier molecular flexibility index (Phi) is 7.78. The Bertz CT molecular complexity index is 1730. The lowest BCUT2D eigenvalue weighted by molar-refractivity contribution is 0.208. The van der Waals surface area contributed by atoms with E-state index in [1.165, 1.54) is 6.07 Å². The fourth-order valence-electron chi connectivity index (χ4n) is 5.31. The predicted octanol–water partition coefficient (Wildman–Crippen LogP) is 5.33. The molecule has 2 aromatic heterocycles. The van der Waals surface area contributed by atoms with Crippen LogP contribution in [0.5, 0.6) is 0 Å². The van der Waals surface area contributed by atoms with Crippen LogP contribution in [0.15, 0.2) is 37.9 Å². The van der Waals surface area contributed by atoms with Gasteiger partial charge in [-0.05, 0) is 43.2 Å². The third-order valence-corrected chi connectivity index (χ3v) is 9.56. The van der Waals surface area contributed by atoms with Crippen LogP contribution in [-0.2, 0) is 11.3 Å². The average Bonchev–Trinajstić information content (AvgIpc) is 3.21. The first kappa shape index (κ1) is 27.2. The molecule has 0 aliphatic carbocycles. The molecular formula is C27H27ClFN7O2S2. The number of thioether (sulfide) groups is 1. The van der Waals surface area contributed by atoms with Crippen molar-refractivity contribution < 1.29 is 9.13 Å². The molecule has 0 atom stereocenters. The number of thiazole rings is 1. The summed E-state index contributed by atoms with van der Waals surface area (Å²) in [5.41, 5.74) is 8.40. The van der Waals surface area contributed by atoms with Crippen LogP contribution in [0.1, 0.15) is 19.3 Å². The highest BCUT2D eigenvalue weighted by molar-refractivity contribution is 7.99. The van der Waals surface area contributed by atoms with Crippen LogP contribution >= 0.6 is 34.7 Å². The summed E-state index contributed by atoms with van der Waals surface area (Å²) in [6, 6.07) is 7.91. The van der Waals surface area contributed by atoms with Crippen molar-refractivity contribution in [1.82, 2.24) is 14.5 Å². The molecule has 2 aliphatic rings. The molecule has 0 spiro atoms. The summed E-state index contributed by atoms with van der Waals surface area (Å²) in [5.74, 6) is 1.06. The molecule has 0 radical (unpaired) electrons. The largest absolute Gasteiger partial charge is 0.383 e. The van der Waals surface area contributed by atoms with Gasteiger partial charge in [-0.2, -0.15) is 4.98 Å². The Morgan fingerprint density at radius 1 is 1.27 bits per heavy atom. The molecule has 1 fully saturated rings. The van der Waals surface area contributed by atoms with E-state index < -0.39 is 0 Å². The minimum Gasteiger partial charge on any atom is -0.383 e. The minimum absolute atomic E-state index is 0.115. The van der Waals surface area contributed by atoms with Gasteiger partial charge in [-0.1, -0.05) is 22.9 Å². The van der Waals surface area contributed by atoms with E-state index in [2.05, 4.69) is 30.9 Å². The van der Waals surface area contributed by atoms with Crippen molar-refractivity contribution in [1.29, 1.82) is 0 Å². The number of methoxy groups -OCH3 is 1. The van der Waals surface area contributed by atoms with Gasteiger partial charge >= 0.3 is 5.69 Å². The summed E-state index contributed by atoms with van der Waals surface area (Å²) < 4.78 is 21.8. The van der Waals surface area contributed by atoms with Crippen LogP contribution in [0.25, 0.3) is 32.2 Å². The zero-order valence-corrected chi connectivity index (χ0v) is 24.2. The average molecular weight is 600 g/mol. The number of piperidine rings is 1. The number of aromatic nitrogens is 3. The van der Waals surface area contributed by atoms with Crippen molar-refractivity contribution in [3.63, 3.8) is 0 Å². The van der Waals surface area contributed by atoms with E-state index in [0.29, 0.717) is 59.4 Å². The molecule has 2 aromatic carbocycles. The second kappa shape index (κ2) is 11.5. The van der Waals surface area contributed by atoms with Gasteiger partial charge in [-0.15, -0.1) is 11.8 Å². The number of hydrogen-bond acceptors (Lipinski definition) is 10. The van der Waals surface area contributed by atoms with Crippen LogP contribution in [0, 0.1) is 5.82 Å². The molecule has 2 N–H and O–H groups in total. The molecule has 9 nitrogen and oxygen atoms in total. The summed E-state index contributed by atoms with van der Waals surface area (Å²) in [4.78, 5) is 34.0. The lowest BCUT2D eigenvalue weighted by Gasteiger charge is -2.32. The van der Waals surface area contributed by atoms with E-state index in [1.807, 2.05) is 6.07 Å². The molecular weight excluding hydrogens is 573 g/mol. The lowest BCUT2D eigenvalue weighted by atomic mass is 10.0. The summed E-state index contributed by atoms with van der Waals surface area (Å²) in [6.07, 6.45) is 2.40. The Morgan fingerprint density at radius 2 is 2.10 bits per heavy atom. The highest BCUT2D eigenvalue weighted by Gasteiger charge is 2.28. The van der Waals surface area contributed by atoms with Crippen LogP contribution < -0.4 is 16.3 Å². The smallest absolute Gasteiger partial charge is 0.350 e. The monoisotopic (exact) mass is 599 g/mol. The summed E-state index contributed by atoms with van der Waals surface area (Å²) >= 11 is 9.79. The first-order valence-electron chi connectivity index (χ1n) is 13.1. The van der Waals surface area contributed by atoms with Crippen LogP contribution in [0.3, 0.4) is 0 Å². The van der Waals surface area contributed by atoms with Gasteiger partial charge in [0.2, 0.25) is 0 Å². The van der Waals surface area contributed by atoms with Crippen molar-refractivity contribution in [2.45, 2.75) is 36.7 Å². The van der Waals surface area contributed by atoms with E-state index >= 15 is 0 Å². The predicted molar refractivity (Wildman–Crippen MR) is 161 cm³/mol. The summed E-state index contributed by atoms with van der Waals surface area (Å²) in [5, 5.41) is 1.61. The van der Waals surface area contributed by atoms with Gasteiger partial charge in [0, 0.05) is 48.2 Å². The number of rotatable bonds is 6. The number of hydrogen-bond donors (Lipinski definition) is 1. The van der Waals surface area contributed by atoms with Gasteiger partial charge in [0.25, 0.3) is 0 Å². The highest BCUT2D eigenvalue weighted by atomic mass is 35.5. The Morgan fingerprint density at radius 3 is 2.90 bits per heavy atom. The zero-order valence-electron chi connectivity index (χ0n) is 21.8. The topological polar surface area (TPSA) is 111 Å². The van der Waals surface area contributed by atoms with Gasteiger partial charge in [0.05, 0.1) is 46.0 Å². The number of halogens is 2. The van der Waals surface area contributed by atoms with Gasteiger partial charge in [0.15, 0.2) is 5.13 Å². The Balaban J connectivity index is 1.45. The second-order valence-electron chi connectivity index (χ2n) is 9.68. The standard InChI is InChI=1S/C27H27ClFN7O2S2/c1-38-11-7-31-14-32-15-5-9-35(10-6-15)25-17-13-18(28)20(16-3-4-19(29)23-21(16)33-26(30)40-23)24-22(17)36(27(37)34-25)8-2-12-39-24/h3-4,13,15H,2,5-12H2,1H3,(H2,30,33). The molecule has 40 heavy (non-hydrogen) atoms. The van der Waals surface area contributed by atoms with Gasteiger partial charge in [-0.3, -0.25) is 4.57 Å². The number of benzene rings is 2. The number of aliphatic imine (C=N–C) groups is 2. The van der Waals surface area contributed by atoms with E-state index in [9.17, 15) is 9.18 Å². The number of nitrogen functional groups attached to an aromatic ring is 1. The molecule has 0 bridgehead atoms. The van der Waals surface area contributed by atoms with Gasteiger partial charge in [0.1, 0.15) is 11.6 Å². The van der Waals surface area contributed by atoms with Crippen LogP contribution in [0.4, 0.5) is 15.3 Å². The Hall–Kier alpha value is -3.02. The molecule has 4 aromatic rings. The second-order valence-corrected chi connectivity index (χ2v) is 12.2. The molecule has 13 heteroatoms. The molecule has 2 aliphatic heterocycles. The van der Waals surface area contributed by atoms with Crippen LogP contribution in [-0.4, -0.2) is 65.7 Å². The molecule has 1 saturated heterocycles. The first-order valence-corrected chi connectivity index (χ1v) is 15.2. The third kappa shape index (κ3) is 4.99. The van der Waals surface area contributed by atoms with Crippen molar-refractivity contribution >= 4 is 72.8 Å². The molecule has 0 amide bonds. The fraction of sp³-hybridized carbons (Fsp3) is 0.407. The van der Waals surface area contributed by atoms with Crippen molar-refractivity contribution in [3.05, 3.63) is 39.5 Å². The number of fused-ring (bicyclic) bond motifs is 1. The fourth-order valence-corrected chi connectivity index (χ4v) is 7.63. The first-order chi connectivity index (χ1) is 19.5. The van der Waals surface area contributed by atoms with E-state index in [4.69, 9.17) is 22.1 Å². The van der Waals surface area contributed by atoms with E-state index in [-0.39, 0.29) is 22.7 Å². The zero-order chi connectivity index (χ0) is 27.8. The molecule has 208 valence electrons. The van der Waals surface area contributed by atoms with Crippen molar-refractivity contribution in [2.75, 3.05) is 49.7 Å². The van der Waals surface area contributed by atoms with Crippen LogP contribution in [0.2, 0.25) is 5.02 Å². The highest BCUT2D eigenvalue weighted by Crippen LogP contribution is 2.47. The molecule has 4 heterocycles. The molecule has 0 saturated carbocycles. The quantitative estimate of drug-likeness (QED) is 0.235. The maximum Gasteiger partial charge on any atom is 0.350 e. The molecule has 6 rings (SSSR count). The third-order valence-electron chi connectivity index (χ3n) is 7.19. The Labute approximate surface area is 242 Å².